The molecule has 0 aliphatic carbocycles. The van der Waals surface area contributed by atoms with E-state index in [0.29, 0.717) is 11.3 Å². The Morgan fingerprint density at radius 2 is 1.81 bits per heavy atom. The lowest BCUT2D eigenvalue weighted by molar-refractivity contribution is -0.116. The molecule has 0 spiro atoms. The van der Waals surface area contributed by atoms with Gasteiger partial charge in [-0.1, -0.05) is 30.3 Å². The first-order chi connectivity index (χ1) is 12.6. The minimum atomic E-state index is -0.450. The van der Waals surface area contributed by atoms with Crippen LogP contribution in [0.2, 0.25) is 0 Å². The number of nitrogens with one attached hydrogen (secondary N) is 1. The highest BCUT2D eigenvalue weighted by Crippen LogP contribution is 2.26. The molecule has 3 amide bonds. The molecule has 0 radical (unpaired) electrons. The van der Waals surface area contributed by atoms with Gasteiger partial charge in [-0.05, 0) is 23.8 Å². The molecule has 6 nitrogen and oxygen atoms in total. The topological polar surface area (TPSA) is 69.3 Å². The highest BCUT2D eigenvalue weighted by atomic mass is 19.1. The summed E-state index contributed by atoms with van der Waals surface area (Å²) < 4.78 is 13.8. The first kappa shape index (κ1) is 16.0. The fourth-order valence-corrected chi connectivity index (χ4v) is 2.97. The van der Waals surface area contributed by atoms with Crippen molar-refractivity contribution in [1.82, 2.24) is 15.1 Å². The normalized spacial score (nSPS) is 14.3. The average Bonchev–Trinajstić information content (AvgIpc) is 3.26. The van der Waals surface area contributed by atoms with E-state index >= 15 is 0 Å². The number of imide groups is 1. The number of urea groups is 1. The number of benzene rings is 2. The number of amides is 3. The Bertz CT molecular complexity index is 954. The van der Waals surface area contributed by atoms with Crippen LogP contribution in [0.15, 0.2) is 60.9 Å². The molecule has 130 valence electrons. The van der Waals surface area contributed by atoms with Crippen LogP contribution in [0.25, 0.3) is 11.1 Å². The third-order valence-corrected chi connectivity index (χ3v) is 4.31. The van der Waals surface area contributed by atoms with Crippen LogP contribution in [0.3, 0.4) is 0 Å². The van der Waals surface area contributed by atoms with Crippen LogP contribution in [0.4, 0.5) is 14.9 Å². The van der Waals surface area contributed by atoms with Gasteiger partial charge in [0.1, 0.15) is 12.4 Å². The molecular formula is C19H15FN4O2. The van der Waals surface area contributed by atoms with E-state index < -0.39 is 11.8 Å². The Balaban J connectivity index is 1.55. The molecule has 0 saturated carbocycles. The van der Waals surface area contributed by atoms with E-state index in [9.17, 15) is 14.0 Å². The number of aromatic amines is 1. The van der Waals surface area contributed by atoms with Crippen molar-refractivity contribution in [3.63, 3.8) is 0 Å². The number of anilines is 1. The van der Waals surface area contributed by atoms with Gasteiger partial charge in [0.2, 0.25) is 0 Å². The molecule has 0 unspecified atom stereocenters. The number of H-pyrrole nitrogens is 1. The third kappa shape index (κ3) is 2.83. The van der Waals surface area contributed by atoms with Crippen LogP contribution in [-0.4, -0.2) is 33.6 Å². The second-order valence-corrected chi connectivity index (χ2v) is 5.99. The first-order valence-corrected chi connectivity index (χ1v) is 8.08. The van der Waals surface area contributed by atoms with Gasteiger partial charge in [0.25, 0.3) is 5.91 Å². The van der Waals surface area contributed by atoms with Gasteiger partial charge in [0.15, 0.2) is 0 Å². The molecule has 2 aromatic carbocycles. The predicted molar refractivity (Wildman–Crippen MR) is 93.7 cm³/mol. The molecule has 1 fully saturated rings. The molecule has 7 heteroatoms. The zero-order chi connectivity index (χ0) is 18.1. The maximum atomic E-state index is 13.8. The Morgan fingerprint density at radius 1 is 1.04 bits per heavy atom. The van der Waals surface area contributed by atoms with Gasteiger partial charge in [0, 0.05) is 17.3 Å². The molecule has 4 rings (SSSR count). The van der Waals surface area contributed by atoms with Gasteiger partial charge in [-0.3, -0.25) is 9.89 Å². The van der Waals surface area contributed by atoms with Crippen molar-refractivity contribution in [1.29, 1.82) is 0 Å². The molecule has 0 bridgehead atoms. The van der Waals surface area contributed by atoms with E-state index in [1.807, 2.05) is 12.1 Å². The SMILES string of the molecule is O=C1CN(Cc2ccccc2F)C(=O)N1c1ccc(-c2cn[nH]c2)cc1. The lowest BCUT2D eigenvalue weighted by Crippen LogP contribution is -2.32. The largest absolute Gasteiger partial charge is 0.332 e. The van der Waals surface area contributed by atoms with Crippen LogP contribution in [0, 0.1) is 5.82 Å². The van der Waals surface area contributed by atoms with Crippen molar-refractivity contribution in [3.05, 3.63) is 72.3 Å². The lowest BCUT2D eigenvalue weighted by Gasteiger charge is -2.17. The monoisotopic (exact) mass is 350 g/mol. The molecule has 1 saturated heterocycles. The van der Waals surface area contributed by atoms with Crippen molar-refractivity contribution < 1.29 is 14.0 Å². The third-order valence-electron chi connectivity index (χ3n) is 4.31. The van der Waals surface area contributed by atoms with Crippen molar-refractivity contribution in [3.8, 4) is 11.1 Å². The Kier molecular flexibility index (Phi) is 3.96. The predicted octanol–water partition coefficient (Wildman–Crippen LogP) is 3.18. The van der Waals surface area contributed by atoms with Crippen LogP contribution >= 0.6 is 0 Å². The van der Waals surface area contributed by atoms with Gasteiger partial charge in [-0.25, -0.2) is 14.1 Å². The van der Waals surface area contributed by atoms with Gasteiger partial charge < -0.3 is 4.90 Å². The molecular weight excluding hydrogens is 335 g/mol. The van der Waals surface area contributed by atoms with E-state index in [-0.39, 0.29) is 19.0 Å². The number of aromatic nitrogens is 2. The second kappa shape index (κ2) is 6.44. The highest BCUT2D eigenvalue weighted by molar-refractivity contribution is 6.19. The molecule has 1 aromatic heterocycles. The molecule has 3 aromatic rings. The Hall–Kier alpha value is -3.48. The quantitative estimate of drug-likeness (QED) is 0.735. The average molecular weight is 350 g/mol. The van der Waals surface area contributed by atoms with E-state index in [4.69, 9.17) is 0 Å². The smallest absolute Gasteiger partial charge is 0.310 e. The number of rotatable bonds is 4. The standard InChI is InChI=1S/C19H15FN4O2/c20-17-4-2-1-3-14(17)11-23-12-18(25)24(19(23)26)16-7-5-13(6-8-16)15-9-21-22-10-15/h1-10H,11-12H2,(H,21,22). The van der Waals surface area contributed by atoms with Crippen LogP contribution in [-0.2, 0) is 11.3 Å². The van der Waals surface area contributed by atoms with Crippen molar-refractivity contribution in [2.24, 2.45) is 0 Å². The summed E-state index contributed by atoms with van der Waals surface area (Å²) in [7, 11) is 0. The number of carbonyl (C=O) groups excluding carboxylic acids is 2. The summed E-state index contributed by atoms with van der Waals surface area (Å²) in [6.45, 7) is -0.0164. The zero-order valence-corrected chi connectivity index (χ0v) is 13.7. The van der Waals surface area contributed by atoms with Gasteiger partial charge in [0.05, 0.1) is 18.4 Å². The van der Waals surface area contributed by atoms with Crippen LogP contribution < -0.4 is 4.90 Å². The lowest BCUT2D eigenvalue weighted by atomic mass is 10.1. The summed E-state index contributed by atoms with van der Waals surface area (Å²) in [6, 6.07) is 12.8. The van der Waals surface area contributed by atoms with E-state index in [2.05, 4.69) is 10.2 Å². The van der Waals surface area contributed by atoms with Gasteiger partial charge in [-0.15, -0.1) is 0 Å². The Labute approximate surface area is 148 Å². The van der Waals surface area contributed by atoms with E-state index in [0.717, 1.165) is 16.0 Å². The van der Waals surface area contributed by atoms with Crippen LogP contribution in [0.1, 0.15) is 5.56 Å². The number of hydrogen-bond acceptors (Lipinski definition) is 3. The number of hydrogen-bond donors (Lipinski definition) is 1. The molecule has 0 atom stereocenters. The molecule has 2 heterocycles. The molecule has 1 aliphatic heterocycles. The zero-order valence-electron chi connectivity index (χ0n) is 13.7. The maximum absolute atomic E-state index is 13.8. The summed E-state index contributed by atoms with van der Waals surface area (Å²) in [5, 5.41) is 6.64. The highest BCUT2D eigenvalue weighted by Gasteiger charge is 2.37. The van der Waals surface area contributed by atoms with Crippen molar-refractivity contribution >= 4 is 17.6 Å². The minimum Gasteiger partial charge on any atom is -0.310 e. The summed E-state index contributed by atoms with van der Waals surface area (Å²) in [5.74, 6) is -0.724. The number of carbonyl (C=O) groups is 2. The summed E-state index contributed by atoms with van der Waals surface area (Å²) >= 11 is 0. The minimum absolute atomic E-state index is 0.0564. The van der Waals surface area contributed by atoms with Crippen LogP contribution in [0.5, 0.6) is 0 Å². The summed E-state index contributed by atoms with van der Waals surface area (Å²) in [6.07, 6.45) is 3.45. The summed E-state index contributed by atoms with van der Waals surface area (Å²) in [4.78, 5) is 27.4. The second-order valence-electron chi connectivity index (χ2n) is 5.99. The fraction of sp³-hybridized carbons (Fsp3) is 0.105. The molecule has 1 N–H and O–H groups in total. The fourth-order valence-electron chi connectivity index (χ4n) is 2.97. The van der Waals surface area contributed by atoms with Gasteiger partial charge >= 0.3 is 6.03 Å². The van der Waals surface area contributed by atoms with Gasteiger partial charge in [-0.2, -0.15) is 5.10 Å². The van der Waals surface area contributed by atoms with Crippen molar-refractivity contribution in [2.45, 2.75) is 6.54 Å². The molecule has 26 heavy (non-hydrogen) atoms. The number of halogens is 1. The maximum Gasteiger partial charge on any atom is 0.332 e. The van der Waals surface area contributed by atoms with Crippen molar-refractivity contribution in [2.75, 3.05) is 11.4 Å². The Morgan fingerprint density at radius 3 is 2.50 bits per heavy atom. The summed E-state index contributed by atoms with van der Waals surface area (Å²) in [5.41, 5.74) is 2.70. The molecule has 1 aliphatic rings. The van der Waals surface area contributed by atoms with E-state index in [1.54, 1.807) is 42.7 Å². The van der Waals surface area contributed by atoms with E-state index in [1.165, 1.54) is 11.0 Å². The number of nitrogens with zero attached hydrogens (tertiary/aromatic N) is 3. The first-order valence-electron chi connectivity index (χ1n) is 8.08.